The summed E-state index contributed by atoms with van der Waals surface area (Å²) in [7, 11) is 1.88. The van der Waals surface area contributed by atoms with Crippen molar-refractivity contribution in [1.82, 2.24) is 34.7 Å². The van der Waals surface area contributed by atoms with E-state index in [4.69, 9.17) is 14.7 Å². The van der Waals surface area contributed by atoms with Crippen molar-refractivity contribution in [3.8, 4) is 28.5 Å². The molecule has 0 radical (unpaired) electrons. The minimum Gasteiger partial charge on any atom is -0.444 e. The molecule has 11 nitrogen and oxygen atoms in total. The van der Waals surface area contributed by atoms with E-state index < -0.39 is 5.60 Å². The Kier molecular flexibility index (Phi) is 5.61. The van der Waals surface area contributed by atoms with E-state index in [0.717, 1.165) is 54.6 Å². The first-order valence-electron chi connectivity index (χ1n) is 14.1. The van der Waals surface area contributed by atoms with Crippen LogP contribution >= 0.6 is 0 Å². The topological polar surface area (TPSA) is 126 Å². The quantitative estimate of drug-likeness (QED) is 0.394. The molecule has 6 heterocycles. The second-order valence-corrected chi connectivity index (χ2v) is 12.8. The van der Waals surface area contributed by atoms with Gasteiger partial charge >= 0.3 is 6.09 Å². The van der Waals surface area contributed by atoms with Gasteiger partial charge in [-0.3, -0.25) is 9.67 Å². The number of carbonyl (C=O) groups is 1. The van der Waals surface area contributed by atoms with E-state index in [0.29, 0.717) is 22.7 Å². The van der Waals surface area contributed by atoms with Crippen molar-refractivity contribution in [1.29, 1.82) is 5.26 Å². The Hall–Kier alpha value is -4.46. The lowest BCUT2D eigenvalue weighted by molar-refractivity contribution is 0.0124. The number of hydrogen-bond acceptors (Lipinski definition) is 8. The summed E-state index contributed by atoms with van der Waals surface area (Å²) in [6.07, 6.45) is 15.5. The summed E-state index contributed by atoms with van der Waals surface area (Å²) >= 11 is 0. The minimum atomic E-state index is -0.524. The summed E-state index contributed by atoms with van der Waals surface area (Å²) in [5.74, 6) is 1.43. The van der Waals surface area contributed by atoms with Gasteiger partial charge in [0.15, 0.2) is 0 Å². The largest absolute Gasteiger partial charge is 0.444 e. The fourth-order valence-electron chi connectivity index (χ4n) is 7.39. The van der Waals surface area contributed by atoms with Crippen molar-refractivity contribution in [3.05, 3.63) is 48.8 Å². The van der Waals surface area contributed by atoms with E-state index in [9.17, 15) is 10.1 Å². The Balaban J connectivity index is 1.18. The van der Waals surface area contributed by atoms with Gasteiger partial charge in [0.1, 0.15) is 17.5 Å². The zero-order valence-electron chi connectivity index (χ0n) is 23.7. The summed E-state index contributed by atoms with van der Waals surface area (Å²) in [5, 5.41) is 21.7. The molecular formula is C30H33N9O2. The number of rotatable bonds is 4. The number of anilines is 1. The molecular weight excluding hydrogens is 518 g/mol. The van der Waals surface area contributed by atoms with Gasteiger partial charge < -0.3 is 15.0 Å². The smallest absolute Gasteiger partial charge is 0.408 e. The third-order valence-electron chi connectivity index (χ3n) is 8.65. The Morgan fingerprint density at radius 1 is 1.05 bits per heavy atom. The van der Waals surface area contributed by atoms with Crippen LogP contribution in [0.3, 0.4) is 0 Å². The predicted octanol–water partition coefficient (Wildman–Crippen LogP) is 4.48. The Morgan fingerprint density at radius 3 is 2.46 bits per heavy atom. The average molecular weight is 552 g/mol. The van der Waals surface area contributed by atoms with Crippen LogP contribution in [0.5, 0.6) is 0 Å². The molecule has 2 unspecified atom stereocenters. The van der Waals surface area contributed by atoms with E-state index in [2.05, 4.69) is 26.5 Å². The summed E-state index contributed by atoms with van der Waals surface area (Å²) in [5.41, 5.74) is 3.77. The van der Waals surface area contributed by atoms with Gasteiger partial charge in [0.05, 0.1) is 41.6 Å². The number of aromatic nitrogens is 6. The van der Waals surface area contributed by atoms with Crippen LogP contribution in [0.2, 0.25) is 0 Å². The normalized spacial score (nSPS) is 25.0. The molecule has 4 aromatic rings. The van der Waals surface area contributed by atoms with Crippen LogP contribution < -0.4 is 10.2 Å². The second kappa shape index (κ2) is 9.03. The molecule has 0 aromatic carbocycles. The lowest BCUT2D eigenvalue weighted by Gasteiger charge is -2.61. The molecule has 8 rings (SSSR count). The van der Waals surface area contributed by atoms with Crippen LogP contribution in [0.15, 0.2) is 43.2 Å². The standard InChI is InChI=1S/C30H33N9O2/c1-29(2,3)41-28(40)36-30-8-18-5-22(9-30)39(23(6-18)10-30)26-15-32-25(14-33-26)24-7-19(21-13-34-37(4)16-21)17-38-27(24)20(11-31)12-35-38/h7,12-18,22-23H,5-6,8-10H2,1-4H3,(H,36,40)/t18?,22-,23+,30?. The van der Waals surface area contributed by atoms with Crippen LogP contribution in [0.25, 0.3) is 27.9 Å². The maximum absolute atomic E-state index is 12.7. The van der Waals surface area contributed by atoms with Crippen molar-refractivity contribution in [3.63, 3.8) is 0 Å². The van der Waals surface area contributed by atoms with Gasteiger partial charge in [0, 0.05) is 53.8 Å². The van der Waals surface area contributed by atoms with Crippen LogP contribution in [0.4, 0.5) is 10.6 Å². The summed E-state index contributed by atoms with van der Waals surface area (Å²) in [6.45, 7) is 5.68. The molecule has 4 atom stereocenters. The third-order valence-corrected chi connectivity index (χ3v) is 8.65. The molecule has 4 bridgehead atoms. The first-order valence-corrected chi connectivity index (χ1v) is 14.1. The van der Waals surface area contributed by atoms with Gasteiger partial charge in [-0.15, -0.1) is 0 Å². The molecule has 1 N–H and O–H groups in total. The van der Waals surface area contributed by atoms with Crippen LogP contribution in [0, 0.1) is 17.2 Å². The zero-order valence-corrected chi connectivity index (χ0v) is 23.7. The van der Waals surface area contributed by atoms with Crippen molar-refractivity contribution in [2.75, 3.05) is 4.90 Å². The summed E-state index contributed by atoms with van der Waals surface area (Å²) in [6, 6.07) is 4.86. The Labute approximate surface area is 238 Å². The van der Waals surface area contributed by atoms with E-state index in [1.807, 2.05) is 52.5 Å². The lowest BCUT2D eigenvalue weighted by atomic mass is 9.59. The van der Waals surface area contributed by atoms with E-state index in [1.165, 1.54) is 0 Å². The highest BCUT2D eigenvalue weighted by Crippen LogP contribution is 2.52. The number of fused-ring (bicyclic) bond motifs is 1. The van der Waals surface area contributed by atoms with E-state index >= 15 is 0 Å². The lowest BCUT2D eigenvalue weighted by Crippen LogP contribution is -2.69. The van der Waals surface area contributed by atoms with Crippen molar-refractivity contribution in [2.24, 2.45) is 13.0 Å². The number of amides is 1. The highest BCUT2D eigenvalue weighted by atomic mass is 16.6. The van der Waals surface area contributed by atoms with Crippen molar-refractivity contribution < 1.29 is 9.53 Å². The number of nitriles is 1. The van der Waals surface area contributed by atoms with Gasteiger partial charge in [0.25, 0.3) is 0 Å². The van der Waals surface area contributed by atoms with Gasteiger partial charge in [0.2, 0.25) is 0 Å². The van der Waals surface area contributed by atoms with Crippen molar-refractivity contribution >= 4 is 17.4 Å². The van der Waals surface area contributed by atoms with Gasteiger partial charge in [-0.1, -0.05) is 0 Å². The number of carbonyl (C=O) groups excluding carboxylic acids is 1. The molecule has 41 heavy (non-hydrogen) atoms. The van der Waals surface area contributed by atoms with Gasteiger partial charge in [-0.25, -0.2) is 14.3 Å². The van der Waals surface area contributed by atoms with E-state index in [-0.39, 0.29) is 23.7 Å². The molecule has 210 valence electrons. The second-order valence-electron chi connectivity index (χ2n) is 12.8. The number of ether oxygens (including phenoxy) is 1. The molecule has 1 amide bonds. The fourth-order valence-corrected chi connectivity index (χ4v) is 7.39. The first kappa shape index (κ1) is 25.5. The summed E-state index contributed by atoms with van der Waals surface area (Å²) in [4.78, 5) is 24.9. The fraction of sp³-hybridized carbons (Fsp3) is 0.467. The number of pyridine rings is 1. The molecule has 11 heteroatoms. The molecule has 2 saturated carbocycles. The Bertz CT molecular complexity index is 1680. The van der Waals surface area contributed by atoms with Crippen LogP contribution in [0.1, 0.15) is 58.4 Å². The SMILES string of the molecule is Cn1cc(-c2cc(-c3cnc(N4[C@@H]5CC6C[C@H]4CC(NC(=O)OC(C)(C)C)(C6)C5)cn3)c3c(C#N)cnn3c2)cn1. The van der Waals surface area contributed by atoms with E-state index in [1.54, 1.807) is 27.8 Å². The highest BCUT2D eigenvalue weighted by Gasteiger charge is 2.55. The van der Waals surface area contributed by atoms with Crippen molar-refractivity contribution in [2.45, 2.75) is 76.1 Å². The number of alkyl carbamates (subject to hydrolysis) is 1. The monoisotopic (exact) mass is 551 g/mol. The number of aryl methyl sites for hydroxylation is 1. The highest BCUT2D eigenvalue weighted by molar-refractivity contribution is 5.86. The number of hydrogen-bond donors (Lipinski definition) is 1. The third kappa shape index (κ3) is 4.47. The maximum Gasteiger partial charge on any atom is 0.408 e. The predicted molar refractivity (Wildman–Crippen MR) is 152 cm³/mol. The molecule has 4 fully saturated rings. The minimum absolute atomic E-state index is 0.225. The molecule has 2 saturated heterocycles. The molecule has 0 spiro atoms. The van der Waals surface area contributed by atoms with Gasteiger partial charge in [-0.05, 0) is 64.9 Å². The number of nitrogens with one attached hydrogen (secondary N) is 1. The zero-order chi connectivity index (χ0) is 28.5. The molecule has 2 aliphatic heterocycles. The maximum atomic E-state index is 12.7. The van der Waals surface area contributed by atoms with Crippen LogP contribution in [-0.2, 0) is 11.8 Å². The first-order chi connectivity index (χ1) is 19.6. The van der Waals surface area contributed by atoms with Gasteiger partial charge in [-0.2, -0.15) is 15.5 Å². The molecule has 4 aromatic heterocycles. The average Bonchev–Trinajstić information content (AvgIpc) is 3.52. The summed E-state index contributed by atoms with van der Waals surface area (Å²) < 4.78 is 9.09. The number of nitrogens with zero attached hydrogens (tertiary/aromatic N) is 8. The molecule has 2 aliphatic carbocycles. The molecule has 4 aliphatic rings. The number of piperidine rings is 2. The Morgan fingerprint density at radius 2 is 1.83 bits per heavy atom. The van der Waals surface area contributed by atoms with Crippen LogP contribution in [-0.4, -0.2) is 58.7 Å².